The van der Waals surface area contributed by atoms with E-state index in [2.05, 4.69) is 53.2 Å². The summed E-state index contributed by atoms with van der Waals surface area (Å²) >= 11 is 0. The molecule has 83 heavy (non-hydrogen) atoms. The highest BCUT2D eigenvalue weighted by molar-refractivity contribution is 5.99. The number of aromatic hydroxyl groups is 1. The summed E-state index contributed by atoms with van der Waals surface area (Å²) in [7, 11) is 0. The highest BCUT2D eigenvalue weighted by Gasteiger charge is 2.36. The summed E-state index contributed by atoms with van der Waals surface area (Å²) in [6.45, 7) is 4.03. The first kappa shape index (κ1) is 70.1. The number of primary amides is 1. The molecule has 0 radical (unpaired) electrons. The topological polar surface area (TPSA) is 528 Å². The quantitative estimate of drug-likeness (QED) is 0.0170. The molecule has 22 N–H and O–H groups in total. The molecule has 0 fully saturated rings. The van der Waals surface area contributed by atoms with Crippen molar-refractivity contribution in [3.63, 3.8) is 0 Å². The molecule has 2 rings (SSSR count). The molecule has 0 spiro atoms. The number of aliphatic carboxylic acids is 2. The number of amides is 10. The first-order chi connectivity index (χ1) is 39.1. The molecule has 0 aliphatic heterocycles. The highest BCUT2D eigenvalue weighted by atomic mass is 16.4. The Morgan fingerprint density at radius 1 is 0.554 bits per heavy atom. The number of hydrogen-bond donors (Lipinski definition) is 19. The van der Waals surface area contributed by atoms with Crippen molar-refractivity contribution in [3.05, 3.63) is 65.7 Å². The normalized spacial score (nSPS) is 14.6. The lowest BCUT2D eigenvalue weighted by Gasteiger charge is -2.28. The Kier molecular flexibility index (Phi) is 30.2. The second-order valence-corrected chi connectivity index (χ2v) is 19.8. The van der Waals surface area contributed by atoms with E-state index >= 15 is 0 Å². The number of guanidine groups is 1. The van der Waals surface area contributed by atoms with Crippen LogP contribution in [0.15, 0.2) is 54.6 Å². The SMILES string of the molecule is CC[C@H](C)[C@H](NC(=O)[C@H](CC(=O)O)NC(=O)[C@H](Cc1ccccc1)NC(=O)[C@H](CC(N)=O)NC(=O)CNC(=O)[C@H](Cc1ccc(O)cc1)NC(=O)[C@H](CCCNC(=N)N)NC(=O)[C@H](CO)NC(=O)[C@@H](N)CO)C(=O)N[C@@H](CC(C)C)C(=O)O. The molecule has 2 aromatic carbocycles. The number of carboxylic acid groups (broad SMARTS) is 2. The summed E-state index contributed by atoms with van der Waals surface area (Å²) < 4.78 is 0. The van der Waals surface area contributed by atoms with Crippen molar-refractivity contribution < 1.29 is 83.1 Å². The molecular formula is C52H78N14O17. The van der Waals surface area contributed by atoms with Crippen LogP contribution >= 0.6 is 0 Å². The Morgan fingerprint density at radius 2 is 1.05 bits per heavy atom. The molecule has 10 amide bonds. The van der Waals surface area contributed by atoms with Gasteiger partial charge < -0.3 is 95.9 Å². The molecule has 0 saturated heterocycles. The van der Waals surface area contributed by atoms with Gasteiger partial charge in [0, 0.05) is 19.4 Å². The number of rotatable bonds is 37. The minimum Gasteiger partial charge on any atom is -0.508 e. The zero-order chi connectivity index (χ0) is 62.5. The smallest absolute Gasteiger partial charge is 0.326 e. The van der Waals surface area contributed by atoms with Crippen molar-refractivity contribution in [2.45, 2.75) is 133 Å². The molecule has 0 aliphatic carbocycles. The minimum atomic E-state index is -1.90. The van der Waals surface area contributed by atoms with Gasteiger partial charge in [0.25, 0.3) is 0 Å². The number of hydrogen-bond acceptors (Lipinski definition) is 17. The minimum absolute atomic E-state index is 0.0229. The molecule has 0 saturated carbocycles. The third-order valence-electron chi connectivity index (χ3n) is 12.5. The fourth-order valence-corrected chi connectivity index (χ4v) is 7.82. The maximum atomic E-state index is 14.2. The summed E-state index contributed by atoms with van der Waals surface area (Å²) in [5, 5.41) is 79.6. The predicted molar refractivity (Wildman–Crippen MR) is 294 cm³/mol. The number of benzene rings is 2. The lowest BCUT2D eigenvalue weighted by molar-refractivity contribution is -0.144. The summed E-state index contributed by atoms with van der Waals surface area (Å²) in [6, 6.07) is -1.07. The summed E-state index contributed by atoms with van der Waals surface area (Å²) in [6.07, 6.45) is -2.37. The van der Waals surface area contributed by atoms with Gasteiger partial charge in [0.05, 0.1) is 32.6 Å². The first-order valence-electron chi connectivity index (χ1n) is 26.4. The lowest BCUT2D eigenvalue weighted by atomic mass is 9.96. The number of phenols is 1. The van der Waals surface area contributed by atoms with E-state index in [1.54, 1.807) is 58.0 Å². The van der Waals surface area contributed by atoms with Crippen LogP contribution in [0.3, 0.4) is 0 Å². The van der Waals surface area contributed by atoms with Crippen molar-refractivity contribution in [3.8, 4) is 5.75 Å². The molecule has 31 heteroatoms. The molecule has 31 nitrogen and oxygen atoms in total. The average Bonchev–Trinajstić information content (AvgIpc) is 3.46. The second-order valence-electron chi connectivity index (χ2n) is 19.8. The third kappa shape index (κ3) is 26.0. The Balaban J connectivity index is 2.44. The Bertz CT molecular complexity index is 2580. The van der Waals surface area contributed by atoms with Crippen LogP contribution in [0, 0.1) is 17.2 Å². The molecule has 0 aromatic heterocycles. The van der Waals surface area contributed by atoms with Gasteiger partial charge in [0.1, 0.15) is 60.1 Å². The summed E-state index contributed by atoms with van der Waals surface area (Å²) in [4.78, 5) is 159. The average molecular weight is 1170 g/mol. The number of carbonyl (C=O) groups is 12. The Hall–Kier alpha value is -8.97. The van der Waals surface area contributed by atoms with E-state index < -0.39 is 170 Å². The standard InChI is InChI=1S/C52H78N14O17/c1-5-27(4)42(50(81)64-37(51(82)83)18-26(2)3)66-48(79)36(22-41(72)73)63-46(77)34(19-28-10-7-6-8-11-28)62-47(78)35(21-39(54)70)59-40(71)23-58-44(75)33(20-29-13-15-30(69)16-14-29)61-45(76)32(12-9-17-57-52(55)56)60-49(80)38(25-68)65-43(74)31(53)24-67/h6-8,10-11,13-16,26-27,31-38,42,67-69H,5,9,12,17-25,53H2,1-4H3,(H2,54,70)(H,58,75)(H,59,71)(H,60,80)(H,61,76)(H,62,78)(H,63,77)(H,64,81)(H,65,74)(H,66,79)(H,72,73)(H,82,83)(H4,55,56,57)/t27-,31-,32-,33-,34-,35-,36-,37-,38-,42-/m0/s1. The third-order valence-corrected chi connectivity index (χ3v) is 12.5. The van der Waals surface area contributed by atoms with E-state index in [1.165, 1.54) is 24.3 Å². The molecule has 0 unspecified atom stereocenters. The van der Waals surface area contributed by atoms with Crippen molar-refractivity contribution in [2.75, 3.05) is 26.3 Å². The van der Waals surface area contributed by atoms with Crippen LogP contribution in [0.1, 0.15) is 77.3 Å². The number of nitrogens with two attached hydrogens (primary N) is 3. The van der Waals surface area contributed by atoms with Crippen molar-refractivity contribution >= 4 is 77.0 Å². The van der Waals surface area contributed by atoms with Gasteiger partial charge in [-0.2, -0.15) is 0 Å². The molecule has 0 bridgehead atoms. The Morgan fingerprint density at radius 3 is 1.58 bits per heavy atom. The van der Waals surface area contributed by atoms with E-state index in [1.807, 2.05) is 0 Å². The summed E-state index contributed by atoms with van der Waals surface area (Å²) in [5.41, 5.74) is 17.1. The highest BCUT2D eigenvalue weighted by Crippen LogP contribution is 2.15. The number of carbonyl (C=O) groups excluding carboxylic acids is 10. The number of nitrogens with one attached hydrogen (secondary N) is 11. The van der Waals surface area contributed by atoms with E-state index in [-0.39, 0.29) is 56.7 Å². The van der Waals surface area contributed by atoms with Gasteiger partial charge in [-0.1, -0.05) is 76.6 Å². The van der Waals surface area contributed by atoms with Crippen molar-refractivity contribution in [2.24, 2.45) is 29.0 Å². The summed E-state index contributed by atoms with van der Waals surface area (Å²) in [5.74, 6) is -15.0. The van der Waals surface area contributed by atoms with Crippen LogP contribution < -0.4 is 70.4 Å². The second kappa shape index (κ2) is 35.7. The molecule has 458 valence electrons. The number of aliphatic hydroxyl groups excluding tert-OH is 2. The van der Waals surface area contributed by atoms with E-state index in [9.17, 15) is 83.1 Å². The van der Waals surface area contributed by atoms with Gasteiger partial charge in [-0.25, -0.2) is 4.79 Å². The molecule has 0 aliphatic rings. The molecule has 10 atom stereocenters. The van der Waals surface area contributed by atoms with E-state index in [0.29, 0.717) is 11.1 Å². The fraction of sp³-hybridized carbons (Fsp3) is 0.519. The largest absolute Gasteiger partial charge is 0.508 e. The van der Waals surface area contributed by atoms with Crippen LogP contribution in [0.4, 0.5) is 0 Å². The number of carboxylic acids is 2. The first-order valence-corrected chi connectivity index (χ1v) is 26.4. The van der Waals surface area contributed by atoms with Gasteiger partial charge in [-0.15, -0.1) is 0 Å². The predicted octanol–water partition coefficient (Wildman–Crippen LogP) is -5.73. The number of phenolic OH excluding ortho intramolecular Hbond substituents is 1. The van der Waals surface area contributed by atoms with Crippen LogP contribution in [0.5, 0.6) is 5.75 Å². The van der Waals surface area contributed by atoms with Crippen LogP contribution in [0.25, 0.3) is 0 Å². The molecular weight excluding hydrogens is 1090 g/mol. The maximum absolute atomic E-state index is 14.2. The molecule has 2 aromatic rings. The lowest BCUT2D eigenvalue weighted by Crippen LogP contribution is -2.61. The van der Waals surface area contributed by atoms with Gasteiger partial charge in [-0.3, -0.25) is 58.1 Å². The van der Waals surface area contributed by atoms with E-state index in [0.717, 1.165) is 0 Å². The fourth-order valence-electron chi connectivity index (χ4n) is 7.82. The van der Waals surface area contributed by atoms with Gasteiger partial charge >= 0.3 is 11.9 Å². The zero-order valence-corrected chi connectivity index (χ0v) is 46.4. The zero-order valence-electron chi connectivity index (χ0n) is 46.4. The van der Waals surface area contributed by atoms with Gasteiger partial charge in [0.2, 0.25) is 59.1 Å². The number of aliphatic hydroxyl groups is 2. The van der Waals surface area contributed by atoms with Crippen molar-refractivity contribution in [1.82, 2.24) is 53.2 Å². The van der Waals surface area contributed by atoms with Crippen LogP contribution in [-0.2, 0) is 70.4 Å². The van der Waals surface area contributed by atoms with E-state index in [4.69, 9.17) is 22.6 Å². The monoisotopic (exact) mass is 1170 g/mol. The maximum Gasteiger partial charge on any atom is 0.326 e. The van der Waals surface area contributed by atoms with Crippen LogP contribution in [0.2, 0.25) is 0 Å². The Labute approximate surface area is 477 Å². The van der Waals surface area contributed by atoms with Gasteiger partial charge in [-0.05, 0) is 54.4 Å². The van der Waals surface area contributed by atoms with Crippen LogP contribution in [-0.4, -0.2) is 183 Å². The molecule has 0 heterocycles. The van der Waals surface area contributed by atoms with Gasteiger partial charge in [0.15, 0.2) is 5.96 Å². The van der Waals surface area contributed by atoms with Crippen molar-refractivity contribution in [1.29, 1.82) is 5.41 Å².